The van der Waals surface area contributed by atoms with E-state index in [1.165, 1.54) is 23.3 Å². The largest absolute Gasteiger partial charge is 0.309 e. The van der Waals surface area contributed by atoms with Crippen molar-refractivity contribution in [1.29, 1.82) is 0 Å². The maximum Gasteiger partial charge on any atom is 0.0437 e. The van der Waals surface area contributed by atoms with E-state index in [1.807, 2.05) is 0 Å². The van der Waals surface area contributed by atoms with Crippen LogP contribution in [0.25, 0.3) is 0 Å². The van der Waals surface area contributed by atoms with E-state index in [1.54, 1.807) is 0 Å². The Kier molecular flexibility index (Phi) is 9.05. The molecule has 0 heterocycles. The van der Waals surface area contributed by atoms with E-state index < -0.39 is 0 Å². The number of hydrogen-bond acceptors (Lipinski definition) is 3. The second kappa shape index (κ2) is 10.3. The summed E-state index contributed by atoms with van der Waals surface area (Å²) in [6, 6.07) is 9.59. The van der Waals surface area contributed by atoms with Crippen LogP contribution in [-0.4, -0.2) is 43.1 Å². The average Bonchev–Trinajstić information content (AvgIpc) is 2.48. The van der Waals surface area contributed by atoms with Gasteiger partial charge in [-0.2, -0.15) is 11.8 Å². The molecule has 1 aromatic rings. The summed E-state index contributed by atoms with van der Waals surface area (Å²) in [7, 11) is 4.28. The summed E-state index contributed by atoms with van der Waals surface area (Å²) in [6.45, 7) is 9.01. The van der Waals surface area contributed by atoms with E-state index in [0.717, 1.165) is 19.5 Å². The lowest BCUT2D eigenvalue weighted by Crippen LogP contribution is -2.30. The van der Waals surface area contributed by atoms with E-state index >= 15 is 0 Å². The second-order valence-corrected chi connectivity index (χ2v) is 7.39. The molecular formula is C18H32N2S. The summed E-state index contributed by atoms with van der Waals surface area (Å²) in [4.78, 5) is 2.25. The molecule has 0 spiro atoms. The van der Waals surface area contributed by atoms with Crippen LogP contribution in [0.3, 0.4) is 0 Å². The van der Waals surface area contributed by atoms with Crippen molar-refractivity contribution in [2.45, 2.75) is 44.9 Å². The Bertz CT molecular complexity index is 375. The highest BCUT2D eigenvalue weighted by molar-refractivity contribution is 7.99. The zero-order valence-electron chi connectivity index (χ0n) is 14.4. The first kappa shape index (κ1) is 18.5. The van der Waals surface area contributed by atoms with Crippen molar-refractivity contribution < 1.29 is 0 Å². The summed E-state index contributed by atoms with van der Waals surface area (Å²) in [6.07, 6.45) is 2.29. The normalized spacial score (nSPS) is 14.4. The van der Waals surface area contributed by atoms with Gasteiger partial charge in [0.1, 0.15) is 0 Å². The SMILES string of the molecule is CCCNC(c1ccc(CC)cc1)C(C)SCCN(C)C. The van der Waals surface area contributed by atoms with E-state index in [-0.39, 0.29) is 0 Å². The van der Waals surface area contributed by atoms with Crippen molar-refractivity contribution >= 4 is 11.8 Å². The Hall–Kier alpha value is -0.510. The molecule has 120 valence electrons. The topological polar surface area (TPSA) is 15.3 Å². The summed E-state index contributed by atoms with van der Waals surface area (Å²) < 4.78 is 0. The molecule has 1 rings (SSSR count). The molecule has 0 aliphatic carbocycles. The van der Waals surface area contributed by atoms with Gasteiger partial charge in [0.2, 0.25) is 0 Å². The Morgan fingerprint density at radius 2 is 1.81 bits per heavy atom. The average molecular weight is 309 g/mol. The fourth-order valence-corrected chi connectivity index (χ4v) is 3.62. The molecule has 0 amide bonds. The van der Waals surface area contributed by atoms with E-state index in [4.69, 9.17) is 0 Å². The van der Waals surface area contributed by atoms with Crippen LogP contribution in [0, 0.1) is 0 Å². The van der Waals surface area contributed by atoms with Crippen LogP contribution in [-0.2, 0) is 6.42 Å². The molecule has 1 N–H and O–H groups in total. The molecule has 0 aliphatic heterocycles. The van der Waals surface area contributed by atoms with Gasteiger partial charge in [0.25, 0.3) is 0 Å². The van der Waals surface area contributed by atoms with Crippen molar-refractivity contribution in [2.24, 2.45) is 0 Å². The summed E-state index contributed by atoms with van der Waals surface area (Å²) in [5.74, 6) is 1.19. The van der Waals surface area contributed by atoms with Crippen molar-refractivity contribution in [3.8, 4) is 0 Å². The van der Waals surface area contributed by atoms with Gasteiger partial charge in [0.15, 0.2) is 0 Å². The Balaban J connectivity index is 2.68. The first-order valence-corrected chi connectivity index (χ1v) is 9.21. The van der Waals surface area contributed by atoms with Crippen molar-refractivity contribution in [2.75, 3.05) is 32.9 Å². The molecule has 0 aromatic heterocycles. The summed E-state index contributed by atoms with van der Waals surface area (Å²) >= 11 is 2.06. The minimum absolute atomic E-state index is 0.447. The molecule has 0 fully saturated rings. The van der Waals surface area contributed by atoms with Crippen molar-refractivity contribution in [3.63, 3.8) is 0 Å². The van der Waals surface area contributed by atoms with Gasteiger partial charge in [0, 0.05) is 23.6 Å². The van der Waals surface area contributed by atoms with Crippen LogP contribution >= 0.6 is 11.8 Å². The predicted molar refractivity (Wildman–Crippen MR) is 97.3 cm³/mol. The number of thioether (sulfide) groups is 1. The highest BCUT2D eigenvalue weighted by Crippen LogP contribution is 2.27. The van der Waals surface area contributed by atoms with Gasteiger partial charge in [-0.15, -0.1) is 0 Å². The zero-order valence-corrected chi connectivity index (χ0v) is 15.2. The third-order valence-corrected chi connectivity index (χ3v) is 4.97. The van der Waals surface area contributed by atoms with E-state index in [9.17, 15) is 0 Å². The fraction of sp³-hybridized carbons (Fsp3) is 0.667. The predicted octanol–water partition coefficient (Wildman–Crippen LogP) is 3.97. The molecule has 21 heavy (non-hydrogen) atoms. The zero-order chi connectivity index (χ0) is 15.7. The number of nitrogens with zero attached hydrogens (tertiary/aromatic N) is 1. The number of hydrogen-bond donors (Lipinski definition) is 1. The Morgan fingerprint density at radius 1 is 1.14 bits per heavy atom. The molecule has 2 atom stereocenters. The first-order valence-electron chi connectivity index (χ1n) is 8.17. The van der Waals surface area contributed by atoms with Crippen LogP contribution in [0.1, 0.15) is 44.4 Å². The van der Waals surface area contributed by atoms with Gasteiger partial charge in [0.05, 0.1) is 0 Å². The number of aryl methyl sites for hydroxylation is 1. The van der Waals surface area contributed by atoms with Gasteiger partial charge in [-0.05, 0) is 44.6 Å². The third-order valence-electron chi connectivity index (χ3n) is 3.75. The first-order chi connectivity index (χ1) is 10.1. The smallest absolute Gasteiger partial charge is 0.0437 e. The molecule has 1 aromatic carbocycles. The standard InChI is InChI=1S/C18H32N2S/c1-6-12-19-18(15(3)21-14-13-20(4)5)17-10-8-16(7-2)9-11-17/h8-11,15,18-19H,6-7,12-14H2,1-5H3. The second-order valence-electron chi connectivity index (χ2n) is 5.91. The molecule has 0 aliphatic rings. The molecular weight excluding hydrogens is 276 g/mol. The molecule has 0 bridgehead atoms. The van der Waals surface area contributed by atoms with Crippen molar-refractivity contribution in [3.05, 3.63) is 35.4 Å². The van der Waals surface area contributed by atoms with Gasteiger partial charge in [-0.3, -0.25) is 0 Å². The molecule has 0 radical (unpaired) electrons. The van der Waals surface area contributed by atoms with Crippen LogP contribution in [0.5, 0.6) is 0 Å². The minimum atomic E-state index is 0.447. The maximum atomic E-state index is 3.73. The van der Waals surface area contributed by atoms with Gasteiger partial charge < -0.3 is 10.2 Å². The molecule has 2 unspecified atom stereocenters. The summed E-state index contributed by atoms with van der Waals surface area (Å²) in [5, 5.41) is 4.31. The number of rotatable bonds is 10. The lowest BCUT2D eigenvalue weighted by Gasteiger charge is -2.26. The quantitative estimate of drug-likeness (QED) is 0.704. The molecule has 2 nitrogen and oxygen atoms in total. The number of benzene rings is 1. The van der Waals surface area contributed by atoms with Crippen molar-refractivity contribution in [1.82, 2.24) is 10.2 Å². The van der Waals surface area contributed by atoms with Gasteiger partial charge >= 0.3 is 0 Å². The lowest BCUT2D eigenvalue weighted by atomic mass is 10.0. The van der Waals surface area contributed by atoms with Crippen LogP contribution in [0.4, 0.5) is 0 Å². The third kappa shape index (κ3) is 6.86. The molecule has 3 heteroatoms. The van der Waals surface area contributed by atoms with Gasteiger partial charge in [-0.1, -0.05) is 45.0 Å². The molecule has 0 saturated heterocycles. The fourth-order valence-electron chi connectivity index (χ4n) is 2.33. The number of nitrogens with one attached hydrogen (secondary N) is 1. The van der Waals surface area contributed by atoms with Crippen LogP contribution in [0.15, 0.2) is 24.3 Å². The monoisotopic (exact) mass is 308 g/mol. The highest BCUT2D eigenvalue weighted by atomic mass is 32.2. The lowest BCUT2D eigenvalue weighted by molar-refractivity contribution is 0.436. The van der Waals surface area contributed by atoms with Gasteiger partial charge in [-0.25, -0.2) is 0 Å². The Labute approximate surface area is 135 Å². The summed E-state index contributed by atoms with van der Waals surface area (Å²) in [5.41, 5.74) is 2.84. The van der Waals surface area contributed by atoms with Crippen LogP contribution in [0.2, 0.25) is 0 Å². The minimum Gasteiger partial charge on any atom is -0.309 e. The molecule has 0 saturated carbocycles. The Morgan fingerprint density at radius 3 is 2.33 bits per heavy atom. The van der Waals surface area contributed by atoms with Crippen LogP contribution < -0.4 is 5.32 Å². The van der Waals surface area contributed by atoms with E-state index in [2.05, 4.69) is 81.1 Å². The highest BCUT2D eigenvalue weighted by Gasteiger charge is 2.18. The van der Waals surface area contributed by atoms with E-state index in [0.29, 0.717) is 11.3 Å². The maximum absolute atomic E-state index is 3.73.